The van der Waals surface area contributed by atoms with Gasteiger partial charge in [-0.2, -0.15) is 0 Å². The number of esters is 1. The van der Waals surface area contributed by atoms with Crippen molar-refractivity contribution in [1.29, 1.82) is 0 Å². The molecule has 0 spiro atoms. The second-order valence-corrected chi connectivity index (χ2v) is 14.8. The molecule has 2 unspecified atom stereocenters. The van der Waals surface area contributed by atoms with Gasteiger partial charge in [-0.1, -0.05) is 160 Å². The Labute approximate surface area is 295 Å². The number of carbonyl (C=O) groups is 1. The molecule has 3 atom stereocenters. The van der Waals surface area contributed by atoms with Gasteiger partial charge in [0.25, 0.3) is 0 Å². The average molecular weight is 702 g/mol. The summed E-state index contributed by atoms with van der Waals surface area (Å²) in [6, 6.07) is 0. The topological polar surface area (TPSA) is 128 Å². The number of unbranched alkanes of at least 4 members (excludes halogenated alkanes) is 23. The number of phosphoric ester groups is 1. The van der Waals surface area contributed by atoms with Gasteiger partial charge < -0.3 is 20.5 Å². The van der Waals surface area contributed by atoms with Gasteiger partial charge >= 0.3 is 13.8 Å². The van der Waals surface area contributed by atoms with Crippen LogP contribution in [0, 0.1) is 0 Å². The van der Waals surface area contributed by atoms with Gasteiger partial charge in [-0.25, -0.2) is 4.57 Å². The Morgan fingerprint density at radius 2 is 1.08 bits per heavy atom. The zero-order chi connectivity index (χ0) is 35.4. The molecule has 48 heavy (non-hydrogen) atoms. The lowest BCUT2D eigenvalue weighted by Crippen LogP contribution is -2.27. The van der Waals surface area contributed by atoms with Gasteiger partial charge in [0.2, 0.25) is 0 Å². The number of ether oxygens (including phenoxy) is 1. The summed E-state index contributed by atoms with van der Waals surface area (Å²) in [5.41, 5.74) is 5.74. The van der Waals surface area contributed by atoms with Crippen LogP contribution in [0.4, 0.5) is 0 Å². The van der Waals surface area contributed by atoms with E-state index in [4.69, 9.17) is 19.5 Å². The standard InChI is InChI=1S/C39H76NO7P/c1-3-5-7-9-11-13-15-17-19-21-23-25-27-29-31-33-39(42)46-38(35-41)36-45-48(43,44)47-37(34-40)32-30-28-26-24-22-20-18-16-14-12-10-8-6-4-2/h17,19,30,32,37-38,41H,3-16,18,20-29,31,33-36,40H2,1-2H3,(H,43,44)/b19-17-,32-30?/t37?,38-/m1/s1. The number of aliphatic hydroxyl groups is 1. The van der Waals surface area contributed by atoms with Crippen molar-refractivity contribution in [2.24, 2.45) is 5.73 Å². The molecule has 0 aromatic heterocycles. The van der Waals surface area contributed by atoms with E-state index in [1.807, 2.05) is 6.08 Å². The quantitative estimate of drug-likeness (QED) is 0.0253. The number of aliphatic hydroxyl groups excluding tert-OH is 1. The molecule has 0 saturated heterocycles. The van der Waals surface area contributed by atoms with E-state index in [9.17, 15) is 19.4 Å². The summed E-state index contributed by atoms with van der Waals surface area (Å²) < 4.78 is 28.0. The van der Waals surface area contributed by atoms with E-state index < -0.39 is 39.2 Å². The summed E-state index contributed by atoms with van der Waals surface area (Å²) in [5.74, 6) is -0.454. The zero-order valence-corrected chi connectivity index (χ0v) is 32.0. The fourth-order valence-corrected chi connectivity index (χ4v) is 6.51. The van der Waals surface area contributed by atoms with Gasteiger partial charge in [-0.15, -0.1) is 0 Å². The predicted molar refractivity (Wildman–Crippen MR) is 201 cm³/mol. The maximum atomic E-state index is 12.5. The van der Waals surface area contributed by atoms with E-state index in [-0.39, 0.29) is 13.0 Å². The largest absolute Gasteiger partial charge is 0.472 e. The fourth-order valence-electron chi connectivity index (χ4n) is 5.60. The summed E-state index contributed by atoms with van der Waals surface area (Å²) in [5, 5.41) is 9.59. The third kappa shape index (κ3) is 33.5. The van der Waals surface area contributed by atoms with Gasteiger partial charge in [0.1, 0.15) is 6.10 Å². The van der Waals surface area contributed by atoms with Crippen LogP contribution in [-0.4, -0.2) is 47.9 Å². The van der Waals surface area contributed by atoms with E-state index in [1.54, 1.807) is 6.08 Å². The molecule has 0 rings (SSSR count). The Morgan fingerprint density at radius 1 is 0.667 bits per heavy atom. The van der Waals surface area contributed by atoms with Crippen LogP contribution in [0.5, 0.6) is 0 Å². The normalized spacial score (nSPS) is 14.5. The Bertz CT molecular complexity index is 807. The molecule has 0 radical (unpaired) electrons. The summed E-state index contributed by atoms with van der Waals surface area (Å²) in [7, 11) is -4.46. The van der Waals surface area contributed by atoms with Crippen LogP contribution in [0.25, 0.3) is 0 Å². The first-order valence-corrected chi connectivity index (χ1v) is 21.4. The summed E-state index contributed by atoms with van der Waals surface area (Å²) in [4.78, 5) is 22.4. The van der Waals surface area contributed by atoms with Crippen LogP contribution in [0.15, 0.2) is 24.3 Å². The van der Waals surface area contributed by atoms with Crippen LogP contribution in [-0.2, 0) is 23.1 Å². The molecule has 0 bridgehead atoms. The van der Waals surface area contributed by atoms with Crippen LogP contribution >= 0.6 is 7.82 Å². The second-order valence-electron chi connectivity index (χ2n) is 13.4. The van der Waals surface area contributed by atoms with E-state index >= 15 is 0 Å². The van der Waals surface area contributed by atoms with Crippen molar-refractivity contribution in [2.75, 3.05) is 19.8 Å². The molecule has 0 fully saturated rings. The number of hydrogen-bond donors (Lipinski definition) is 3. The number of rotatable bonds is 37. The molecule has 284 valence electrons. The van der Waals surface area contributed by atoms with Crippen molar-refractivity contribution >= 4 is 13.8 Å². The van der Waals surface area contributed by atoms with Crippen molar-refractivity contribution in [1.82, 2.24) is 0 Å². The highest BCUT2D eigenvalue weighted by Crippen LogP contribution is 2.44. The van der Waals surface area contributed by atoms with Crippen molar-refractivity contribution in [3.8, 4) is 0 Å². The number of nitrogens with two attached hydrogens (primary N) is 1. The summed E-state index contributed by atoms with van der Waals surface area (Å²) in [6.45, 7) is 3.57. The van der Waals surface area contributed by atoms with E-state index in [0.717, 1.165) is 51.4 Å². The third-order valence-corrected chi connectivity index (χ3v) is 9.66. The number of allylic oxidation sites excluding steroid dienone is 3. The molecule has 9 heteroatoms. The fraction of sp³-hybridized carbons (Fsp3) is 0.872. The molecule has 0 aliphatic heterocycles. The average Bonchev–Trinajstić information content (AvgIpc) is 3.07. The first-order valence-electron chi connectivity index (χ1n) is 19.9. The molecule has 0 aliphatic rings. The molecular formula is C39H76NO7P. The van der Waals surface area contributed by atoms with Gasteiger partial charge in [-0.3, -0.25) is 13.8 Å². The second kappa shape index (κ2) is 35.8. The summed E-state index contributed by atoms with van der Waals surface area (Å²) in [6.07, 6.45) is 38.3. The van der Waals surface area contributed by atoms with Crippen LogP contribution in [0.2, 0.25) is 0 Å². The predicted octanol–water partition coefficient (Wildman–Crippen LogP) is 11.0. The molecule has 0 aromatic rings. The Hall–Kier alpha value is -1.02. The molecule has 0 amide bonds. The van der Waals surface area contributed by atoms with Crippen molar-refractivity contribution in [2.45, 2.75) is 199 Å². The Kier molecular flexibility index (Phi) is 35.0. The number of phosphoric acid groups is 1. The Balaban J connectivity index is 3.94. The molecule has 0 aromatic carbocycles. The summed E-state index contributed by atoms with van der Waals surface area (Å²) >= 11 is 0. The third-order valence-electron chi connectivity index (χ3n) is 8.64. The van der Waals surface area contributed by atoms with Gasteiger partial charge in [0, 0.05) is 13.0 Å². The van der Waals surface area contributed by atoms with Crippen molar-refractivity contribution in [3.05, 3.63) is 24.3 Å². The molecule has 4 N–H and O–H groups in total. The smallest absolute Gasteiger partial charge is 0.457 e. The minimum Gasteiger partial charge on any atom is -0.457 e. The van der Waals surface area contributed by atoms with Gasteiger partial charge in [0.15, 0.2) is 0 Å². The van der Waals surface area contributed by atoms with Crippen molar-refractivity contribution in [3.63, 3.8) is 0 Å². The minimum atomic E-state index is -4.46. The molecule has 0 saturated carbocycles. The molecule has 0 aliphatic carbocycles. The van der Waals surface area contributed by atoms with Gasteiger partial charge in [0.05, 0.1) is 19.3 Å². The lowest BCUT2D eigenvalue weighted by Gasteiger charge is -2.20. The van der Waals surface area contributed by atoms with E-state index in [1.165, 1.54) is 109 Å². The SMILES string of the molecule is CCCCCCCC/C=C\CCCCCCCC(=O)O[C@H](CO)COP(=O)(O)OC(C=CCCCCCCCCCCCCCC)CN. The first kappa shape index (κ1) is 47.0. The number of hydrogen-bond acceptors (Lipinski definition) is 7. The molecular weight excluding hydrogens is 625 g/mol. The first-order chi connectivity index (χ1) is 23.4. The van der Waals surface area contributed by atoms with Crippen molar-refractivity contribution < 1.29 is 33.1 Å². The maximum absolute atomic E-state index is 12.5. The molecule has 0 heterocycles. The highest BCUT2D eigenvalue weighted by Gasteiger charge is 2.27. The Morgan fingerprint density at radius 3 is 1.52 bits per heavy atom. The van der Waals surface area contributed by atoms with E-state index in [2.05, 4.69) is 26.0 Å². The highest BCUT2D eigenvalue weighted by molar-refractivity contribution is 7.47. The maximum Gasteiger partial charge on any atom is 0.472 e. The van der Waals surface area contributed by atoms with E-state index in [0.29, 0.717) is 6.42 Å². The van der Waals surface area contributed by atoms with Crippen LogP contribution < -0.4 is 5.73 Å². The van der Waals surface area contributed by atoms with Crippen LogP contribution in [0.1, 0.15) is 187 Å². The molecule has 8 nitrogen and oxygen atoms in total. The highest BCUT2D eigenvalue weighted by atomic mass is 31.2. The van der Waals surface area contributed by atoms with Gasteiger partial charge in [-0.05, 0) is 44.9 Å². The lowest BCUT2D eigenvalue weighted by atomic mass is 10.0. The zero-order valence-electron chi connectivity index (χ0n) is 31.1. The van der Waals surface area contributed by atoms with Crippen LogP contribution in [0.3, 0.4) is 0 Å². The lowest BCUT2D eigenvalue weighted by molar-refractivity contribution is -0.153. The minimum absolute atomic E-state index is 0.0250. The monoisotopic (exact) mass is 702 g/mol. The number of carbonyl (C=O) groups excluding carboxylic acids is 1.